The molecule has 0 aliphatic heterocycles. The molecule has 0 saturated heterocycles. The van der Waals surface area contributed by atoms with E-state index in [2.05, 4.69) is 0 Å². The molecular weight excluding hydrogens is 280 g/mol. The van der Waals surface area contributed by atoms with Crippen LogP contribution in [-0.4, -0.2) is 16.2 Å². The van der Waals surface area contributed by atoms with Crippen molar-refractivity contribution in [3.63, 3.8) is 0 Å². The molecule has 1 aromatic rings. The summed E-state index contributed by atoms with van der Waals surface area (Å²) in [5.74, 6) is -4.38. The summed E-state index contributed by atoms with van der Waals surface area (Å²) >= 11 is 0. The number of rotatable bonds is 4. The van der Waals surface area contributed by atoms with E-state index in [0.717, 1.165) is 0 Å². The average molecular weight is 294 g/mol. The molecule has 0 aliphatic carbocycles. The van der Waals surface area contributed by atoms with Crippen molar-refractivity contribution in [2.75, 3.05) is 0 Å². The van der Waals surface area contributed by atoms with E-state index in [-0.39, 0.29) is 0 Å². The number of hydrogen-bond acceptors (Lipinski definition) is 2. The Morgan fingerprint density at radius 2 is 1.75 bits per heavy atom. The number of hydrogen-bond donors (Lipinski definition) is 2. The van der Waals surface area contributed by atoms with Crippen LogP contribution in [0.25, 0.3) is 0 Å². The van der Waals surface area contributed by atoms with E-state index in [1.807, 2.05) is 0 Å². The summed E-state index contributed by atoms with van der Waals surface area (Å²) in [4.78, 5) is 11.0. The standard InChI is InChI=1S/C13H14F4O3/c1-6(2)10(12(19)20)11(18)7-3-8(13(15,16)17)5-9(14)4-7/h3-6,10-11,18H,1-2H3,(H,19,20). The molecular formula is C13H14F4O3. The molecule has 0 bridgehead atoms. The molecule has 0 fully saturated rings. The summed E-state index contributed by atoms with van der Waals surface area (Å²) in [6.45, 7) is 3.01. The molecule has 20 heavy (non-hydrogen) atoms. The van der Waals surface area contributed by atoms with Gasteiger partial charge in [-0.2, -0.15) is 13.2 Å². The minimum Gasteiger partial charge on any atom is -0.481 e. The second kappa shape index (κ2) is 5.78. The number of aliphatic carboxylic acids is 1. The second-order valence-corrected chi connectivity index (χ2v) is 4.82. The van der Waals surface area contributed by atoms with Gasteiger partial charge in [0.2, 0.25) is 0 Å². The van der Waals surface area contributed by atoms with E-state index in [0.29, 0.717) is 18.2 Å². The largest absolute Gasteiger partial charge is 0.481 e. The number of carboxylic acid groups (broad SMARTS) is 1. The molecule has 0 heterocycles. The summed E-state index contributed by atoms with van der Waals surface area (Å²) in [5, 5.41) is 18.9. The molecule has 112 valence electrons. The van der Waals surface area contributed by atoms with Crippen molar-refractivity contribution in [2.45, 2.75) is 26.1 Å². The minimum absolute atomic E-state index is 0.293. The van der Waals surface area contributed by atoms with Crippen LogP contribution in [-0.2, 0) is 11.0 Å². The Morgan fingerprint density at radius 1 is 1.20 bits per heavy atom. The zero-order valence-electron chi connectivity index (χ0n) is 10.8. The Kier molecular flexibility index (Phi) is 4.75. The van der Waals surface area contributed by atoms with E-state index in [1.165, 1.54) is 13.8 Å². The van der Waals surface area contributed by atoms with Crippen LogP contribution in [0.3, 0.4) is 0 Å². The van der Waals surface area contributed by atoms with Crippen molar-refractivity contribution < 1.29 is 32.6 Å². The number of aliphatic hydroxyl groups excluding tert-OH is 1. The van der Waals surface area contributed by atoms with Crippen LogP contribution in [0.1, 0.15) is 31.1 Å². The molecule has 2 unspecified atom stereocenters. The minimum atomic E-state index is -4.77. The molecule has 7 heteroatoms. The molecule has 0 amide bonds. The summed E-state index contributed by atoms with van der Waals surface area (Å²) in [7, 11) is 0. The van der Waals surface area contributed by atoms with Gasteiger partial charge in [0.15, 0.2) is 0 Å². The first-order chi connectivity index (χ1) is 9.04. The lowest BCUT2D eigenvalue weighted by Crippen LogP contribution is -2.27. The van der Waals surface area contributed by atoms with Gasteiger partial charge in [-0.15, -0.1) is 0 Å². The van der Waals surface area contributed by atoms with Gasteiger partial charge in [-0.05, 0) is 29.7 Å². The maximum absolute atomic E-state index is 13.2. The molecule has 1 aromatic carbocycles. The van der Waals surface area contributed by atoms with Crippen molar-refractivity contribution in [1.82, 2.24) is 0 Å². The number of aliphatic hydroxyl groups is 1. The molecule has 0 spiro atoms. The molecule has 2 N–H and O–H groups in total. The van der Waals surface area contributed by atoms with Crippen molar-refractivity contribution in [3.05, 3.63) is 35.1 Å². The van der Waals surface area contributed by atoms with Crippen LogP contribution in [0.15, 0.2) is 18.2 Å². The fourth-order valence-electron chi connectivity index (χ4n) is 1.94. The average Bonchev–Trinajstić information content (AvgIpc) is 2.25. The maximum atomic E-state index is 13.2. The van der Waals surface area contributed by atoms with E-state index < -0.39 is 47.0 Å². The highest BCUT2D eigenvalue weighted by Gasteiger charge is 2.35. The van der Waals surface area contributed by atoms with Crippen LogP contribution >= 0.6 is 0 Å². The predicted molar refractivity (Wildman–Crippen MR) is 62.3 cm³/mol. The first kappa shape index (κ1) is 16.4. The molecule has 1 rings (SSSR count). The number of benzene rings is 1. The smallest absolute Gasteiger partial charge is 0.416 e. The highest BCUT2D eigenvalue weighted by Crippen LogP contribution is 2.34. The van der Waals surface area contributed by atoms with Gasteiger partial charge in [0.25, 0.3) is 0 Å². The van der Waals surface area contributed by atoms with Crippen LogP contribution < -0.4 is 0 Å². The Bertz CT molecular complexity index is 497. The van der Waals surface area contributed by atoms with Crippen LogP contribution in [0.5, 0.6) is 0 Å². The van der Waals surface area contributed by atoms with Crippen molar-refractivity contribution in [3.8, 4) is 0 Å². The number of alkyl halides is 3. The summed E-state index contributed by atoms with van der Waals surface area (Å²) in [6, 6.07) is 1.56. The summed E-state index contributed by atoms with van der Waals surface area (Å²) < 4.78 is 50.9. The first-order valence-corrected chi connectivity index (χ1v) is 5.82. The number of halogens is 4. The third kappa shape index (κ3) is 3.69. The lowest BCUT2D eigenvalue weighted by Gasteiger charge is -2.23. The normalized spacial score (nSPS) is 15.2. The zero-order chi connectivity index (χ0) is 15.7. The monoisotopic (exact) mass is 294 g/mol. The van der Waals surface area contributed by atoms with Crippen molar-refractivity contribution in [1.29, 1.82) is 0 Å². The third-order valence-electron chi connectivity index (χ3n) is 2.93. The van der Waals surface area contributed by atoms with Crippen LogP contribution in [0.2, 0.25) is 0 Å². The van der Waals surface area contributed by atoms with Gasteiger partial charge in [0, 0.05) is 0 Å². The van der Waals surface area contributed by atoms with Crippen LogP contribution in [0, 0.1) is 17.7 Å². The topological polar surface area (TPSA) is 57.5 Å². The summed E-state index contributed by atoms with van der Waals surface area (Å²) in [6.07, 6.45) is -6.49. The SMILES string of the molecule is CC(C)C(C(=O)O)C(O)c1cc(F)cc(C(F)(F)F)c1. The van der Waals surface area contributed by atoms with Crippen molar-refractivity contribution in [2.24, 2.45) is 11.8 Å². The molecule has 3 nitrogen and oxygen atoms in total. The van der Waals surface area contributed by atoms with Gasteiger partial charge in [-0.3, -0.25) is 4.79 Å². The van der Waals surface area contributed by atoms with Gasteiger partial charge in [-0.25, -0.2) is 4.39 Å². The van der Waals surface area contributed by atoms with E-state index >= 15 is 0 Å². The second-order valence-electron chi connectivity index (χ2n) is 4.82. The molecule has 2 atom stereocenters. The fourth-order valence-corrected chi connectivity index (χ4v) is 1.94. The number of carboxylic acids is 1. The Morgan fingerprint density at radius 3 is 2.15 bits per heavy atom. The third-order valence-corrected chi connectivity index (χ3v) is 2.93. The Hall–Kier alpha value is -1.63. The first-order valence-electron chi connectivity index (χ1n) is 5.82. The van der Waals surface area contributed by atoms with Gasteiger partial charge in [0.1, 0.15) is 5.82 Å². The fraction of sp³-hybridized carbons (Fsp3) is 0.462. The Balaban J connectivity index is 3.25. The molecule has 0 radical (unpaired) electrons. The number of carbonyl (C=O) groups is 1. The van der Waals surface area contributed by atoms with Gasteiger partial charge in [0.05, 0.1) is 17.6 Å². The quantitative estimate of drug-likeness (QED) is 0.838. The van der Waals surface area contributed by atoms with E-state index in [9.17, 15) is 27.5 Å². The molecule has 0 saturated carbocycles. The highest BCUT2D eigenvalue weighted by atomic mass is 19.4. The molecule has 0 aliphatic rings. The molecule has 0 aromatic heterocycles. The summed E-state index contributed by atoms with van der Waals surface area (Å²) in [5.41, 5.74) is -1.67. The van der Waals surface area contributed by atoms with Crippen LogP contribution in [0.4, 0.5) is 17.6 Å². The zero-order valence-corrected chi connectivity index (χ0v) is 10.8. The van der Waals surface area contributed by atoms with E-state index in [1.54, 1.807) is 0 Å². The Labute approximate surface area is 112 Å². The highest BCUT2D eigenvalue weighted by molar-refractivity contribution is 5.71. The predicted octanol–water partition coefficient (Wildman–Crippen LogP) is 3.23. The maximum Gasteiger partial charge on any atom is 0.416 e. The van der Waals surface area contributed by atoms with E-state index in [4.69, 9.17) is 5.11 Å². The van der Waals surface area contributed by atoms with Gasteiger partial charge in [-0.1, -0.05) is 13.8 Å². The van der Waals surface area contributed by atoms with Gasteiger partial charge >= 0.3 is 12.1 Å². The van der Waals surface area contributed by atoms with Gasteiger partial charge < -0.3 is 10.2 Å². The van der Waals surface area contributed by atoms with Crippen molar-refractivity contribution >= 4 is 5.97 Å². The lowest BCUT2D eigenvalue weighted by atomic mass is 9.86. The lowest BCUT2D eigenvalue weighted by molar-refractivity contribution is -0.148.